The second-order valence-corrected chi connectivity index (χ2v) is 4.79. The topological polar surface area (TPSA) is 67.8 Å². The number of pyridine rings is 1. The first-order chi connectivity index (χ1) is 10.2. The number of nitrogens with one attached hydrogen (secondary N) is 1. The number of aromatic nitrogens is 3. The number of fused-ring (bicyclic) bond motifs is 1. The second kappa shape index (κ2) is 5.66. The number of nitrogens with zero attached hydrogens (tertiary/aromatic N) is 3. The number of benzene rings is 1. The lowest BCUT2D eigenvalue weighted by Gasteiger charge is -2.06. The molecule has 5 heteroatoms. The molecule has 0 aliphatic heterocycles. The van der Waals surface area contributed by atoms with Gasteiger partial charge in [0.25, 0.3) is 5.91 Å². The van der Waals surface area contributed by atoms with E-state index in [-0.39, 0.29) is 5.91 Å². The third-order valence-electron chi connectivity index (χ3n) is 3.12. The molecule has 0 aliphatic rings. The van der Waals surface area contributed by atoms with Gasteiger partial charge in [-0.2, -0.15) is 0 Å². The molecule has 1 amide bonds. The van der Waals surface area contributed by atoms with Crippen LogP contribution in [-0.2, 0) is 6.54 Å². The molecule has 0 radical (unpaired) electrons. The van der Waals surface area contributed by atoms with Gasteiger partial charge in [0.1, 0.15) is 5.52 Å². The summed E-state index contributed by atoms with van der Waals surface area (Å²) in [4.78, 5) is 24.5. The summed E-state index contributed by atoms with van der Waals surface area (Å²) >= 11 is 0. The predicted octanol–water partition coefficient (Wildman–Crippen LogP) is 2.26. The molecule has 104 valence electrons. The van der Waals surface area contributed by atoms with Crippen LogP contribution in [0.5, 0.6) is 0 Å². The number of hydrogen-bond donors (Lipinski definition) is 1. The van der Waals surface area contributed by atoms with Gasteiger partial charge in [-0.1, -0.05) is 29.8 Å². The van der Waals surface area contributed by atoms with E-state index in [1.807, 2.05) is 31.2 Å². The molecule has 5 nitrogen and oxygen atoms in total. The van der Waals surface area contributed by atoms with Gasteiger partial charge in [-0.25, -0.2) is 9.97 Å². The molecular formula is C16H14N4O. The summed E-state index contributed by atoms with van der Waals surface area (Å²) in [5, 5.41) is 2.88. The lowest BCUT2D eigenvalue weighted by atomic mass is 10.1. The molecule has 0 saturated carbocycles. The highest BCUT2D eigenvalue weighted by molar-refractivity contribution is 5.96. The fourth-order valence-corrected chi connectivity index (χ4v) is 2.09. The lowest BCUT2D eigenvalue weighted by Crippen LogP contribution is -2.23. The predicted molar refractivity (Wildman–Crippen MR) is 79.7 cm³/mol. The Morgan fingerprint density at radius 2 is 2.00 bits per heavy atom. The molecule has 2 heterocycles. The van der Waals surface area contributed by atoms with E-state index in [1.54, 1.807) is 18.5 Å². The Morgan fingerprint density at radius 1 is 1.14 bits per heavy atom. The zero-order valence-electron chi connectivity index (χ0n) is 11.6. The fraction of sp³-hybridized carbons (Fsp3) is 0.125. The molecule has 2 aromatic heterocycles. The van der Waals surface area contributed by atoms with Gasteiger partial charge < -0.3 is 5.32 Å². The Morgan fingerprint density at radius 3 is 2.86 bits per heavy atom. The van der Waals surface area contributed by atoms with Crippen molar-refractivity contribution in [1.29, 1.82) is 0 Å². The summed E-state index contributed by atoms with van der Waals surface area (Å²) in [5.74, 6) is -0.170. The Kier molecular flexibility index (Phi) is 3.55. The van der Waals surface area contributed by atoms with Crippen LogP contribution in [0.2, 0.25) is 0 Å². The normalized spacial score (nSPS) is 10.5. The van der Waals surface area contributed by atoms with E-state index in [9.17, 15) is 4.79 Å². The average molecular weight is 278 g/mol. The van der Waals surface area contributed by atoms with E-state index in [1.165, 1.54) is 11.8 Å². The molecule has 0 spiro atoms. The molecule has 0 fully saturated rings. The van der Waals surface area contributed by atoms with Gasteiger partial charge in [0.2, 0.25) is 0 Å². The first-order valence-corrected chi connectivity index (χ1v) is 6.63. The molecular weight excluding hydrogens is 264 g/mol. The van der Waals surface area contributed by atoms with Crippen LogP contribution >= 0.6 is 0 Å². The highest BCUT2D eigenvalue weighted by Crippen LogP contribution is 2.08. The minimum Gasteiger partial charge on any atom is -0.348 e. The molecule has 21 heavy (non-hydrogen) atoms. The molecule has 0 bridgehead atoms. The van der Waals surface area contributed by atoms with E-state index in [4.69, 9.17) is 0 Å². The standard InChI is InChI=1S/C16H14N4O/c1-11-3-2-4-12(7-11)9-20-16(21)13-8-14-15(19-10-13)18-6-5-17-14/h2-8,10H,9H2,1H3,(H,20,21). The minimum absolute atomic E-state index is 0.170. The average Bonchev–Trinajstić information content (AvgIpc) is 2.52. The third-order valence-corrected chi connectivity index (χ3v) is 3.12. The van der Waals surface area contributed by atoms with Crippen LogP contribution < -0.4 is 5.32 Å². The molecule has 0 aliphatic carbocycles. The minimum atomic E-state index is -0.170. The highest BCUT2D eigenvalue weighted by atomic mass is 16.1. The maximum absolute atomic E-state index is 12.1. The largest absolute Gasteiger partial charge is 0.348 e. The quantitative estimate of drug-likeness (QED) is 0.798. The van der Waals surface area contributed by atoms with Gasteiger partial charge in [0, 0.05) is 25.1 Å². The van der Waals surface area contributed by atoms with Crippen molar-refractivity contribution in [2.75, 3.05) is 0 Å². The van der Waals surface area contributed by atoms with E-state index >= 15 is 0 Å². The summed E-state index contributed by atoms with van der Waals surface area (Å²) in [5.41, 5.74) is 3.87. The summed E-state index contributed by atoms with van der Waals surface area (Å²) in [6.07, 6.45) is 4.67. The smallest absolute Gasteiger partial charge is 0.253 e. The van der Waals surface area contributed by atoms with E-state index in [2.05, 4.69) is 20.3 Å². The zero-order valence-corrected chi connectivity index (χ0v) is 11.6. The van der Waals surface area contributed by atoms with Crippen molar-refractivity contribution < 1.29 is 4.79 Å². The van der Waals surface area contributed by atoms with Crippen LogP contribution in [0.4, 0.5) is 0 Å². The third kappa shape index (κ3) is 3.02. The van der Waals surface area contributed by atoms with Crippen molar-refractivity contribution in [3.63, 3.8) is 0 Å². The van der Waals surface area contributed by atoms with Gasteiger partial charge in [0.05, 0.1) is 5.56 Å². The number of amides is 1. The van der Waals surface area contributed by atoms with Crippen molar-refractivity contribution in [2.24, 2.45) is 0 Å². The Balaban J connectivity index is 1.74. The van der Waals surface area contributed by atoms with E-state index < -0.39 is 0 Å². The zero-order chi connectivity index (χ0) is 14.7. The van der Waals surface area contributed by atoms with Crippen molar-refractivity contribution in [3.8, 4) is 0 Å². The molecule has 3 rings (SSSR count). The first kappa shape index (κ1) is 13.2. The molecule has 0 atom stereocenters. The summed E-state index contributed by atoms with van der Waals surface area (Å²) in [6, 6.07) is 9.73. The first-order valence-electron chi connectivity index (χ1n) is 6.63. The van der Waals surface area contributed by atoms with Crippen molar-refractivity contribution in [3.05, 3.63) is 65.6 Å². The summed E-state index contributed by atoms with van der Waals surface area (Å²) in [7, 11) is 0. The van der Waals surface area contributed by atoms with E-state index in [0.29, 0.717) is 23.3 Å². The van der Waals surface area contributed by atoms with E-state index in [0.717, 1.165) is 5.56 Å². The number of rotatable bonds is 3. The lowest BCUT2D eigenvalue weighted by molar-refractivity contribution is 0.0950. The molecule has 1 N–H and O–H groups in total. The summed E-state index contributed by atoms with van der Waals surface area (Å²) in [6.45, 7) is 2.51. The van der Waals surface area contributed by atoms with Crippen LogP contribution in [0, 0.1) is 6.92 Å². The molecule has 3 aromatic rings. The molecule has 1 aromatic carbocycles. The van der Waals surface area contributed by atoms with Gasteiger partial charge in [-0.15, -0.1) is 0 Å². The SMILES string of the molecule is Cc1cccc(CNC(=O)c2cnc3nccnc3c2)c1. The maximum Gasteiger partial charge on any atom is 0.253 e. The fourth-order valence-electron chi connectivity index (χ4n) is 2.09. The molecule has 0 unspecified atom stereocenters. The monoisotopic (exact) mass is 278 g/mol. The molecule has 0 saturated heterocycles. The summed E-state index contributed by atoms with van der Waals surface area (Å²) < 4.78 is 0. The van der Waals surface area contributed by atoms with Crippen molar-refractivity contribution in [1.82, 2.24) is 20.3 Å². The van der Waals surface area contributed by atoms with Gasteiger partial charge in [-0.05, 0) is 18.6 Å². The maximum atomic E-state index is 12.1. The number of hydrogen-bond acceptors (Lipinski definition) is 4. The van der Waals surface area contributed by atoms with Crippen LogP contribution in [0.25, 0.3) is 11.2 Å². The van der Waals surface area contributed by atoms with Gasteiger partial charge >= 0.3 is 0 Å². The Hall–Kier alpha value is -2.82. The van der Waals surface area contributed by atoms with Gasteiger partial charge in [-0.3, -0.25) is 9.78 Å². The number of carbonyl (C=O) groups is 1. The van der Waals surface area contributed by atoms with Crippen molar-refractivity contribution in [2.45, 2.75) is 13.5 Å². The van der Waals surface area contributed by atoms with Crippen LogP contribution in [0.3, 0.4) is 0 Å². The second-order valence-electron chi connectivity index (χ2n) is 4.79. The van der Waals surface area contributed by atoms with Crippen LogP contribution in [-0.4, -0.2) is 20.9 Å². The Labute approximate surface area is 122 Å². The van der Waals surface area contributed by atoms with Crippen LogP contribution in [0.1, 0.15) is 21.5 Å². The Bertz CT molecular complexity index is 801. The van der Waals surface area contributed by atoms with Crippen LogP contribution in [0.15, 0.2) is 48.9 Å². The highest BCUT2D eigenvalue weighted by Gasteiger charge is 2.08. The number of carbonyl (C=O) groups excluding carboxylic acids is 1. The van der Waals surface area contributed by atoms with Crippen molar-refractivity contribution >= 4 is 17.1 Å². The number of aryl methyl sites for hydroxylation is 1. The van der Waals surface area contributed by atoms with Gasteiger partial charge in [0.15, 0.2) is 5.65 Å².